The Balaban J connectivity index is 1.58. The molecular formula is C21H16FN3O4. The first-order valence-electron chi connectivity index (χ1n) is 9.10. The number of hydrogen-bond donors (Lipinski definition) is 1. The van der Waals surface area contributed by atoms with Gasteiger partial charge in [-0.15, -0.1) is 0 Å². The molecule has 0 aliphatic carbocycles. The Morgan fingerprint density at radius 2 is 1.93 bits per heavy atom. The van der Waals surface area contributed by atoms with Crippen molar-refractivity contribution >= 4 is 17.5 Å². The van der Waals surface area contributed by atoms with Crippen molar-refractivity contribution in [2.45, 2.75) is 19.3 Å². The van der Waals surface area contributed by atoms with Gasteiger partial charge in [0.05, 0.1) is 17.3 Å². The summed E-state index contributed by atoms with van der Waals surface area (Å²) in [4.78, 5) is 25.7. The van der Waals surface area contributed by atoms with Crippen LogP contribution in [0.5, 0.6) is 11.5 Å². The largest absolute Gasteiger partial charge is 0.454 e. The van der Waals surface area contributed by atoms with Crippen LogP contribution in [0.4, 0.5) is 10.2 Å². The molecule has 29 heavy (non-hydrogen) atoms. The second-order valence-corrected chi connectivity index (χ2v) is 6.97. The summed E-state index contributed by atoms with van der Waals surface area (Å²) in [7, 11) is 0. The number of hydrogen-bond acceptors (Lipinski definition) is 5. The van der Waals surface area contributed by atoms with E-state index in [1.807, 2.05) is 0 Å². The Morgan fingerprint density at radius 3 is 2.72 bits per heavy atom. The van der Waals surface area contributed by atoms with E-state index in [1.54, 1.807) is 37.3 Å². The molecule has 146 valence electrons. The van der Waals surface area contributed by atoms with Gasteiger partial charge < -0.3 is 14.8 Å². The van der Waals surface area contributed by atoms with Gasteiger partial charge in [-0.05, 0) is 49.4 Å². The summed E-state index contributed by atoms with van der Waals surface area (Å²) in [6.07, 6.45) is 0.0240. The van der Waals surface area contributed by atoms with Gasteiger partial charge in [0.1, 0.15) is 11.6 Å². The van der Waals surface area contributed by atoms with Crippen LogP contribution in [0, 0.1) is 12.7 Å². The van der Waals surface area contributed by atoms with E-state index in [1.165, 1.54) is 16.8 Å². The number of aryl methyl sites for hydroxylation is 1. The fraction of sp³-hybridized carbons (Fsp3) is 0.190. The second kappa shape index (κ2) is 6.44. The van der Waals surface area contributed by atoms with Crippen molar-refractivity contribution < 1.29 is 23.5 Å². The number of aromatic nitrogens is 2. The zero-order chi connectivity index (χ0) is 20.1. The Kier molecular flexibility index (Phi) is 3.87. The van der Waals surface area contributed by atoms with Gasteiger partial charge in [0.25, 0.3) is 0 Å². The highest BCUT2D eigenvalue weighted by atomic mass is 19.1. The predicted octanol–water partition coefficient (Wildman–Crippen LogP) is 3.36. The van der Waals surface area contributed by atoms with E-state index in [0.29, 0.717) is 39.8 Å². The third-order valence-corrected chi connectivity index (χ3v) is 5.15. The average molecular weight is 393 g/mol. The molecule has 2 aliphatic rings. The zero-order valence-corrected chi connectivity index (χ0v) is 15.4. The van der Waals surface area contributed by atoms with Gasteiger partial charge in [-0.1, -0.05) is 0 Å². The monoisotopic (exact) mass is 393 g/mol. The molecule has 0 saturated carbocycles. The highest BCUT2D eigenvalue weighted by Crippen LogP contribution is 2.40. The molecule has 1 amide bonds. The summed E-state index contributed by atoms with van der Waals surface area (Å²) in [5.41, 5.74) is 2.32. The van der Waals surface area contributed by atoms with Gasteiger partial charge in [0.2, 0.25) is 12.7 Å². The molecule has 0 bridgehead atoms. The number of ketones is 1. The number of benzene rings is 2. The number of nitrogens with zero attached hydrogens (tertiary/aromatic N) is 2. The summed E-state index contributed by atoms with van der Waals surface area (Å²) >= 11 is 0. The van der Waals surface area contributed by atoms with Gasteiger partial charge in [-0.25, -0.2) is 9.07 Å². The van der Waals surface area contributed by atoms with Crippen LogP contribution >= 0.6 is 0 Å². The Labute approximate surface area is 165 Å². The molecule has 8 heteroatoms. The van der Waals surface area contributed by atoms with Crippen molar-refractivity contribution in [2.24, 2.45) is 0 Å². The molecule has 1 atom stereocenters. The maximum atomic E-state index is 13.3. The number of anilines is 1. The first-order valence-corrected chi connectivity index (χ1v) is 9.10. The topological polar surface area (TPSA) is 82.5 Å². The lowest BCUT2D eigenvalue weighted by molar-refractivity contribution is -0.116. The van der Waals surface area contributed by atoms with Crippen LogP contribution in [-0.4, -0.2) is 28.3 Å². The van der Waals surface area contributed by atoms with Crippen LogP contribution in [0.25, 0.3) is 5.69 Å². The standard InChI is InChI=1S/C21H16FN3O4/c1-11-19-15(20(27)12-2-7-16-17(8-12)29-10-28-16)9-18(26)23-21(19)25(24-11)14-5-3-13(22)4-6-14/h2-8,15H,9-10H2,1H3,(H,23,26)/t15-/m0/s1. The summed E-state index contributed by atoms with van der Waals surface area (Å²) in [6, 6.07) is 10.8. The number of ether oxygens (including phenoxy) is 2. The van der Waals surface area contributed by atoms with Crippen LogP contribution in [0.1, 0.15) is 34.0 Å². The summed E-state index contributed by atoms with van der Waals surface area (Å²) < 4.78 is 25.5. The Morgan fingerprint density at radius 1 is 1.17 bits per heavy atom. The average Bonchev–Trinajstić information content (AvgIpc) is 3.31. The minimum absolute atomic E-state index is 0.0240. The molecule has 1 aromatic heterocycles. The van der Waals surface area contributed by atoms with Gasteiger partial charge in [-0.2, -0.15) is 5.10 Å². The van der Waals surface area contributed by atoms with Crippen molar-refractivity contribution in [3.63, 3.8) is 0 Å². The van der Waals surface area contributed by atoms with E-state index in [0.717, 1.165) is 0 Å². The minimum Gasteiger partial charge on any atom is -0.454 e. The van der Waals surface area contributed by atoms with Crippen LogP contribution in [0.3, 0.4) is 0 Å². The molecule has 7 nitrogen and oxygen atoms in total. The molecule has 0 saturated heterocycles. The van der Waals surface area contributed by atoms with Crippen LogP contribution in [0.15, 0.2) is 42.5 Å². The van der Waals surface area contributed by atoms with Crippen molar-refractivity contribution in [1.82, 2.24) is 9.78 Å². The molecular weight excluding hydrogens is 377 g/mol. The number of carbonyl (C=O) groups excluding carboxylic acids is 2. The van der Waals surface area contributed by atoms with Gasteiger partial charge >= 0.3 is 0 Å². The highest BCUT2D eigenvalue weighted by molar-refractivity contribution is 6.08. The molecule has 3 aromatic rings. The number of amides is 1. The predicted molar refractivity (Wildman–Crippen MR) is 101 cm³/mol. The molecule has 0 fully saturated rings. The van der Waals surface area contributed by atoms with Crippen LogP contribution in [0.2, 0.25) is 0 Å². The number of nitrogens with one attached hydrogen (secondary N) is 1. The molecule has 1 N–H and O–H groups in total. The number of fused-ring (bicyclic) bond motifs is 2. The molecule has 0 radical (unpaired) electrons. The summed E-state index contributed by atoms with van der Waals surface area (Å²) in [5.74, 6) is 0.0178. The maximum absolute atomic E-state index is 13.3. The van der Waals surface area contributed by atoms with Crippen molar-refractivity contribution in [3.05, 3.63) is 65.1 Å². The van der Waals surface area contributed by atoms with E-state index in [4.69, 9.17) is 9.47 Å². The van der Waals surface area contributed by atoms with Crippen LogP contribution < -0.4 is 14.8 Å². The SMILES string of the molecule is Cc1nn(-c2ccc(F)cc2)c2c1[C@@H](C(=O)c1ccc3c(c1)OCO3)CC(=O)N2. The number of Topliss-reactive ketones (excluding diaryl/α,β-unsaturated/α-hetero) is 1. The number of rotatable bonds is 3. The quantitative estimate of drug-likeness (QED) is 0.690. The molecule has 2 aliphatic heterocycles. The molecule has 0 unspecified atom stereocenters. The zero-order valence-electron chi connectivity index (χ0n) is 15.4. The first-order chi connectivity index (χ1) is 14.0. The van der Waals surface area contributed by atoms with Crippen LogP contribution in [-0.2, 0) is 4.79 Å². The van der Waals surface area contributed by atoms with Gasteiger partial charge in [-0.3, -0.25) is 9.59 Å². The second-order valence-electron chi connectivity index (χ2n) is 6.97. The lowest BCUT2D eigenvalue weighted by Crippen LogP contribution is -2.28. The lowest BCUT2D eigenvalue weighted by atomic mass is 9.85. The molecule has 0 spiro atoms. The lowest BCUT2D eigenvalue weighted by Gasteiger charge is -2.23. The fourth-order valence-corrected chi connectivity index (χ4v) is 3.79. The Bertz CT molecular complexity index is 1150. The fourth-order valence-electron chi connectivity index (χ4n) is 3.79. The number of halogens is 1. The van der Waals surface area contributed by atoms with E-state index in [-0.39, 0.29) is 30.7 Å². The summed E-state index contributed by atoms with van der Waals surface area (Å²) in [5, 5.41) is 7.30. The normalized spacial score (nSPS) is 17.0. The highest BCUT2D eigenvalue weighted by Gasteiger charge is 2.36. The van der Waals surface area contributed by atoms with Gasteiger partial charge in [0, 0.05) is 17.5 Å². The summed E-state index contributed by atoms with van der Waals surface area (Å²) in [6.45, 7) is 1.91. The van der Waals surface area contributed by atoms with E-state index >= 15 is 0 Å². The third-order valence-electron chi connectivity index (χ3n) is 5.15. The van der Waals surface area contributed by atoms with Crippen molar-refractivity contribution in [2.75, 3.05) is 12.1 Å². The number of carbonyl (C=O) groups is 2. The van der Waals surface area contributed by atoms with E-state index in [2.05, 4.69) is 10.4 Å². The van der Waals surface area contributed by atoms with E-state index in [9.17, 15) is 14.0 Å². The minimum atomic E-state index is -0.673. The molecule has 3 heterocycles. The van der Waals surface area contributed by atoms with Crippen molar-refractivity contribution in [3.8, 4) is 17.2 Å². The smallest absolute Gasteiger partial charge is 0.231 e. The van der Waals surface area contributed by atoms with Gasteiger partial charge in [0.15, 0.2) is 17.3 Å². The third kappa shape index (κ3) is 2.84. The molecule has 2 aromatic carbocycles. The first kappa shape index (κ1) is 17.4. The van der Waals surface area contributed by atoms with Crippen molar-refractivity contribution in [1.29, 1.82) is 0 Å². The van der Waals surface area contributed by atoms with E-state index < -0.39 is 5.92 Å². The molecule has 5 rings (SSSR count). The Hall–Kier alpha value is -3.68. The maximum Gasteiger partial charge on any atom is 0.231 e.